The van der Waals surface area contributed by atoms with E-state index in [4.69, 9.17) is 11.6 Å². The van der Waals surface area contributed by atoms with E-state index in [9.17, 15) is 9.18 Å². The predicted octanol–water partition coefficient (Wildman–Crippen LogP) is 3.87. The van der Waals surface area contributed by atoms with Crippen molar-refractivity contribution in [1.82, 2.24) is 4.98 Å². The molecule has 0 aliphatic heterocycles. The van der Waals surface area contributed by atoms with E-state index in [1.807, 2.05) is 6.92 Å². The third-order valence-corrected chi connectivity index (χ3v) is 3.04. The fraction of sp³-hybridized carbons (Fsp3) is 0.200. The summed E-state index contributed by atoms with van der Waals surface area (Å²) < 4.78 is 13.1. The van der Waals surface area contributed by atoms with Gasteiger partial charge in [0.15, 0.2) is 0 Å². The second-order valence-corrected chi connectivity index (χ2v) is 4.89. The summed E-state index contributed by atoms with van der Waals surface area (Å²) in [5.74, 6) is -0.133. The maximum absolute atomic E-state index is 13.1. The van der Waals surface area contributed by atoms with E-state index in [-0.39, 0.29) is 16.9 Å². The number of halogens is 2. The van der Waals surface area contributed by atoms with Crippen molar-refractivity contribution in [3.63, 3.8) is 0 Å². The van der Waals surface area contributed by atoms with E-state index in [0.29, 0.717) is 29.2 Å². The molecule has 1 aromatic carbocycles. The number of nitrogens with one attached hydrogen (secondary N) is 2. The van der Waals surface area contributed by atoms with Crippen LogP contribution in [0, 0.1) is 12.7 Å². The molecule has 0 unspecified atom stereocenters. The number of anilines is 2. The molecule has 1 heterocycles. The first kappa shape index (κ1) is 15.3. The van der Waals surface area contributed by atoms with E-state index in [1.54, 1.807) is 13.0 Å². The van der Waals surface area contributed by atoms with Crippen molar-refractivity contribution in [2.24, 2.45) is 0 Å². The Labute approximate surface area is 127 Å². The highest BCUT2D eigenvalue weighted by Crippen LogP contribution is 2.19. The first-order valence-corrected chi connectivity index (χ1v) is 6.86. The highest BCUT2D eigenvalue weighted by molar-refractivity contribution is 6.30. The third-order valence-electron chi connectivity index (χ3n) is 2.85. The summed E-state index contributed by atoms with van der Waals surface area (Å²) in [6, 6.07) is 7.28. The SMILES string of the molecule is CCNc1cc(C(=O)Nc2ccc(F)cc2C)cc(Cl)n1. The molecule has 0 fully saturated rings. The van der Waals surface area contributed by atoms with E-state index >= 15 is 0 Å². The number of hydrogen-bond donors (Lipinski definition) is 2. The minimum Gasteiger partial charge on any atom is -0.370 e. The summed E-state index contributed by atoms with van der Waals surface area (Å²) in [5, 5.41) is 5.96. The van der Waals surface area contributed by atoms with Gasteiger partial charge in [-0.3, -0.25) is 4.79 Å². The minimum absolute atomic E-state index is 0.231. The smallest absolute Gasteiger partial charge is 0.255 e. The number of amides is 1. The van der Waals surface area contributed by atoms with Gasteiger partial charge in [-0.2, -0.15) is 0 Å². The molecule has 1 amide bonds. The van der Waals surface area contributed by atoms with Crippen molar-refractivity contribution in [2.75, 3.05) is 17.2 Å². The Balaban J connectivity index is 2.23. The number of hydrogen-bond acceptors (Lipinski definition) is 3. The van der Waals surface area contributed by atoms with E-state index in [0.717, 1.165) is 0 Å². The summed E-state index contributed by atoms with van der Waals surface area (Å²) in [6.45, 7) is 4.32. The Morgan fingerprint density at radius 2 is 2.10 bits per heavy atom. The number of rotatable bonds is 4. The molecule has 2 N–H and O–H groups in total. The normalized spacial score (nSPS) is 10.3. The summed E-state index contributed by atoms with van der Waals surface area (Å²) in [5.41, 5.74) is 1.59. The van der Waals surface area contributed by atoms with Gasteiger partial charge in [-0.15, -0.1) is 0 Å². The van der Waals surface area contributed by atoms with Gasteiger partial charge in [0.2, 0.25) is 0 Å². The highest BCUT2D eigenvalue weighted by atomic mass is 35.5. The number of aryl methyl sites for hydroxylation is 1. The zero-order chi connectivity index (χ0) is 15.4. The van der Waals surface area contributed by atoms with Crippen molar-refractivity contribution in [3.05, 3.63) is 52.4 Å². The van der Waals surface area contributed by atoms with Crippen molar-refractivity contribution in [3.8, 4) is 0 Å². The van der Waals surface area contributed by atoms with Gasteiger partial charge in [0.25, 0.3) is 5.91 Å². The maximum atomic E-state index is 13.1. The molecule has 110 valence electrons. The quantitative estimate of drug-likeness (QED) is 0.843. The van der Waals surface area contributed by atoms with Crippen LogP contribution >= 0.6 is 11.6 Å². The number of aromatic nitrogens is 1. The van der Waals surface area contributed by atoms with Crippen LogP contribution in [0.5, 0.6) is 0 Å². The highest BCUT2D eigenvalue weighted by Gasteiger charge is 2.11. The van der Waals surface area contributed by atoms with Crippen molar-refractivity contribution in [2.45, 2.75) is 13.8 Å². The van der Waals surface area contributed by atoms with Gasteiger partial charge in [0.1, 0.15) is 16.8 Å². The molecule has 1 aromatic heterocycles. The second-order valence-electron chi connectivity index (χ2n) is 4.51. The van der Waals surface area contributed by atoms with Crippen LogP contribution in [0.15, 0.2) is 30.3 Å². The van der Waals surface area contributed by atoms with E-state index in [2.05, 4.69) is 15.6 Å². The van der Waals surface area contributed by atoms with Gasteiger partial charge in [0.05, 0.1) is 0 Å². The largest absolute Gasteiger partial charge is 0.370 e. The predicted molar refractivity (Wildman–Crippen MR) is 82.5 cm³/mol. The fourth-order valence-electron chi connectivity index (χ4n) is 1.86. The zero-order valence-electron chi connectivity index (χ0n) is 11.7. The first-order valence-electron chi connectivity index (χ1n) is 6.48. The number of carbonyl (C=O) groups excluding carboxylic acids is 1. The molecular weight excluding hydrogens is 293 g/mol. The molecule has 2 aromatic rings. The molecule has 0 saturated heterocycles. The van der Waals surface area contributed by atoms with Crippen LogP contribution in [0.1, 0.15) is 22.8 Å². The Morgan fingerprint density at radius 1 is 1.33 bits per heavy atom. The van der Waals surface area contributed by atoms with Crippen LogP contribution in [0.4, 0.5) is 15.9 Å². The van der Waals surface area contributed by atoms with E-state index < -0.39 is 0 Å². The summed E-state index contributed by atoms with van der Waals surface area (Å²) in [4.78, 5) is 16.3. The lowest BCUT2D eigenvalue weighted by Gasteiger charge is -2.10. The van der Waals surface area contributed by atoms with Crippen LogP contribution in [0.25, 0.3) is 0 Å². The first-order chi connectivity index (χ1) is 9.99. The number of carbonyl (C=O) groups is 1. The molecule has 0 bridgehead atoms. The zero-order valence-corrected chi connectivity index (χ0v) is 12.5. The van der Waals surface area contributed by atoms with Crippen LogP contribution < -0.4 is 10.6 Å². The molecule has 0 radical (unpaired) electrons. The van der Waals surface area contributed by atoms with Gasteiger partial charge in [0, 0.05) is 17.8 Å². The Hall–Kier alpha value is -2.14. The Morgan fingerprint density at radius 3 is 2.76 bits per heavy atom. The Kier molecular flexibility index (Phi) is 4.75. The monoisotopic (exact) mass is 307 g/mol. The van der Waals surface area contributed by atoms with Gasteiger partial charge in [-0.25, -0.2) is 9.37 Å². The minimum atomic E-state index is -0.341. The molecule has 0 saturated carbocycles. The van der Waals surface area contributed by atoms with Gasteiger partial charge < -0.3 is 10.6 Å². The topological polar surface area (TPSA) is 54.0 Å². The van der Waals surface area contributed by atoms with Crippen LogP contribution in [-0.4, -0.2) is 17.4 Å². The molecule has 0 aliphatic carbocycles. The lowest BCUT2D eigenvalue weighted by molar-refractivity contribution is 0.102. The van der Waals surface area contributed by atoms with Crippen molar-refractivity contribution < 1.29 is 9.18 Å². The average Bonchev–Trinajstić information content (AvgIpc) is 2.41. The molecule has 6 heteroatoms. The number of benzene rings is 1. The van der Waals surface area contributed by atoms with Gasteiger partial charge >= 0.3 is 0 Å². The number of nitrogens with zero attached hydrogens (tertiary/aromatic N) is 1. The lowest BCUT2D eigenvalue weighted by Crippen LogP contribution is -2.14. The molecule has 0 atom stereocenters. The lowest BCUT2D eigenvalue weighted by atomic mass is 10.1. The maximum Gasteiger partial charge on any atom is 0.255 e. The summed E-state index contributed by atoms with van der Waals surface area (Å²) in [6.07, 6.45) is 0. The molecular formula is C15H15ClFN3O. The average molecular weight is 308 g/mol. The molecule has 0 spiro atoms. The second kappa shape index (κ2) is 6.54. The van der Waals surface area contributed by atoms with E-state index in [1.165, 1.54) is 24.3 Å². The fourth-order valence-corrected chi connectivity index (χ4v) is 2.07. The van der Waals surface area contributed by atoms with Crippen LogP contribution in [0.2, 0.25) is 5.15 Å². The van der Waals surface area contributed by atoms with Crippen LogP contribution in [-0.2, 0) is 0 Å². The molecule has 21 heavy (non-hydrogen) atoms. The summed E-state index contributed by atoms with van der Waals surface area (Å²) >= 11 is 5.90. The van der Waals surface area contributed by atoms with Crippen molar-refractivity contribution in [1.29, 1.82) is 0 Å². The summed E-state index contributed by atoms with van der Waals surface area (Å²) in [7, 11) is 0. The number of pyridine rings is 1. The van der Waals surface area contributed by atoms with Gasteiger partial charge in [-0.05, 0) is 49.7 Å². The molecule has 4 nitrogen and oxygen atoms in total. The molecule has 2 rings (SSSR count). The van der Waals surface area contributed by atoms with Crippen LogP contribution in [0.3, 0.4) is 0 Å². The van der Waals surface area contributed by atoms with Crippen molar-refractivity contribution >= 4 is 29.0 Å². The van der Waals surface area contributed by atoms with Gasteiger partial charge in [-0.1, -0.05) is 11.6 Å². The Bertz CT molecular complexity index is 676. The molecule has 0 aliphatic rings. The standard InChI is InChI=1S/C15H15ClFN3O/c1-3-18-14-8-10(7-13(16)20-14)15(21)19-12-5-4-11(17)6-9(12)2/h4-8H,3H2,1-2H3,(H,18,20)(H,19,21). The third kappa shape index (κ3) is 3.92.